The fraction of sp³-hybridized carbons (Fsp3) is 0.133. The first-order valence-electron chi connectivity index (χ1n) is 6.25. The van der Waals surface area contributed by atoms with Gasteiger partial charge in [0.25, 0.3) is 0 Å². The summed E-state index contributed by atoms with van der Waals surface area (Å²) in [7, 11) is 1.61. The van der Waals surface area contributed by atoms with Crippen LogP contribution in [0.1, 0.15) is 5.69 Å². The Hall–Kier alpha value is -1.75. The van der Waals surface area contributed by atoms with Crippen LogP contribution in [0.15, 0.2) is 36.5 Å². The minimum atomic E-state index is -0.167. The van der Waals surface area contributed by atoms with E-state index in [1.807, 2.05) is 24.3 Å². The lowest BCUT2D eigenvalue weighted by molar-refractivity contribution is 0.276. The fourth-order valence-corrected chi connectivity index (χ4v) is 2.76. The number of aromatic nitrogens is 2. The first-order chi connectivity index (χ1) is 10.1. The number of methoxy groups -OCH3 is 1. The van der Waals surface area contributed by atoms with Crippen LogP contribution in [0.5, 0.6) is 5.75 Å². The van der Waals surface area contributed by atoms with Gasteiger partial charge in [-0.3, -0.25) is 4.40 Å². The van der Waals surface area contributed by atoms with Crippen molar-refractivity contribution < 1.29 is 9.84 Å². The van der Waals surface area contributed by atoms with Crippen molar-refractivity contribution in [2.45, 2.75) is 6.61 Å². The van der Waals surface area contributed by atoms with Gasteiger partial charge >= 0.3 is 0 Å². The van der Waals surface area contributed by atoms with Crippen LogP contribution in [0.25, 0.3) is 16.9 Å². The molecule has 2 heterocycles. The van der Waals surface area contributed by atoms with Gasteiger partial charge in [-0.25, -0.2) is 4.98 Å². The zero-order valence-electron chi connectivity index (χ0n) is 11.2. The molecule has 21 heavy (non-hydrogen) atoms. The van der Waals surface area contributed by atoms with Crippen LogP contribution in [0.3, 0.4) is 0 Å². The van der Waals surface area contributed by atoms with E-state index in [1.165, 1.54) is 0 Å². The number of imidazole rings is 1. The molecule has 1 N–H and O–H groups in total. The standard InChI is InChI=1S/C15H12Cl2N2O2/c1-21-11-4-2-9(3-5-11)14-13(8-20)19-7-10(16)6-12(17)15(19)18-14/h2-7,20H,8H2,1H3. The molecule has 0 aliphatic rings. The summed E-state index contributed by atoms with van der Waals surface area (Å²) >= 11 is 12.2. The maximum atomic E-state index is 9.68. The zero-order chi connectivity index (χ0) is 15.0. The van der Waals surface area contributed by atoms with Gasteiger partial charge in [0.05, 0.1) is 35.1 Å². The molecule has 1 aromatic carbocycles. The number of rotatable bonds is 3. The summed E-state index contributed by atoms with van der Waals surface area (Å²) in [5.74, 6) is 0.758. The van der Waals surface area contributed by atoms with Crippen molar-refractivity contribution in [3.05, 3.63) is 52.3 Å². The van der Waals surface area contributed by atoms with Gasteiger partial charge in [0.2, 0.25) is 0 Å². The topological polar surface area (TPSA) is 46.8 Å². The number of benzene rings is 1. The van der Waals surface area contributed by atoms with Crippen molar-refractivity contribution >= 4 is 28.8 Å². The first kappa shape index (κ1) is 14.2. The van der Waals surface area contributed by atoms with Crippen molar-refractivity contribution in [3.63, 3.8) is 0 Å². The monoisotopic (exact) mass is 322 g/mol. The van der Waals surface area contributed by atoms with E-state index in [4.69, 9.17) is 27.9 Å². The van der Waals surface area contributed by atoms with E-state index in [2.05, 4.69) is 4.98 Å². The molecule has 0 fully saturated rings. The lowest BCUT2D eigenvalue weighted by Gasteiger charge is -2.04. The highest BCUT2D eigenvalue weighted by atomic mass is 35.5. The van der Waals surface area contributed by atoms with Crippen LogP contribution < -0.4 is 4.74 Å². The Bertz CT molecular complexity index is 798. The Morgan fingerprint density at radius 2 is 1.95 bits per heavy atom. The van der Waals surface area contributed by atoms with Crippen molar-refractivity contribution in [1.82, 2.24) is 9.38 Å². The van der Waals surface area contributed by atoms with Crippen LogP contribution in [0.2, 0.25) is 10.0 Å². The number of hydrogen-bond acceptors (Lipinski definition) is 3. The number of aliphatic hydroxyl groups is 1. The smallest absolute Gasteiger partial charge is 0.156 e. The van der Waals surface area contributed by atoms with Crippen LogP contribution >= 0.6 is 23.2 Å². The van der Waals surface area contributed by atoms with E-state index < -0.39 is 0 Å². The highest BCUT2D eigenvalue weighted by molar-refractivity contribution is 6.36. The second-order valence-electron chi connectivity index (χ2n) is 4.49. The van der Waals surface area contributed by atoms with Crippen molar-refractivity contribution in [1.29, 1.82) is 0 Å². The highest BCUT2D eigenvalue weighted by Gasteiger charge is 2.16. The van der Waals surface area contributed by atoms with Crippen molar-refractivity contribution in [2.24, 2.45) is 0 Å². The fourth-order valence-electron chi connectivity index (χ4n) is 2.25. The Kier molecular flexibility index (Phi) is 3.76. The molecule has 6 heteroatoms. The van der Waals surface area contributed by atoms with Crippen LogP contribution in [-0.2, 0) is 6.61 Å². The quantitative estimate of drug-likeness (QED) is 0.797. The summed E-state index contributed by atoms with van der Waals surface area (Å²) in [5, 5.41) is 10.6. The third-order valence-electron chi connectivity index (χ3n) is 3.25. The summed E-state index contributed by atoms with van der Waals surface area (Å²) in [6, 6.07) is 9.08. The molecular weight excluding hydrogens is 311 g/mol. The van der Waals surface area contributed by atoms with Gasteiger partial charge < -0.3 is 9.84 Å². The Labute approximate surface area is 131 Å². The molecule has 2 aromatic heterocycles. The molecule has 0 radical (unpaired) electrons. The van der Waals surface area contributed by atoms with Gasteiger partial charge in [-0.2, -0.15) is 0 Å². The van der Waals surface area contributed by atoms with Gasteiger partial charge in [0.15, 0.2) is 5.65 Å². The predicted octanol–water partition coefficient (Wildman–Crippen LogP) is 3.81. The molecule has 3 aromatic rings. The van der Waals surface area contributed by atoms with Crippen LogP contribution in [0, 0.1) is 0 Å². The van der Waals surface area contributed by atoms with E-state index in [0.29, 0.717) is 27.1 Å². The molecule has 0 saturated heterocycles. The summed E-state index contributed by atoms with van der Waals surface area (Å²) in [6.45, 7) is -0.167. The first-order valence-corrected chi connectivity index (χ1v) is 7.01. The summed E-state index contributed by atoms with van der Waals surface area (Å²) in [5.41, 5.74) is 2.75. The predicted molar refractivity (Wildman–Crippen MR) is 83.1 cm³/mol. The maximum Gasteiger partial charge on any atom is 0.156 e. The van der Waals surface area contributed by atoms with Gasteiger partial charge in [-0.15, -0.1) is 0 Å². The van der Waals surface area contributed by atoms with Gasteiger partial charge in [0.1, 0.15) is 5.75 Å². The Morgan fingerprint density at radius 1 is 1.24 bits per heavy atom. The molecule has 0 atom stereocenters. The number of nitrogens with zero attached hydrogens (tertiary/aromatic N) is 2. The normalized spacial score (nSPS) is 11.0. The molecule has 3 rings (SSSR count). The molecule has 0 unspecified atom stereocenters. The highest BCUT2D eigenvalue weighted by Crippen LogP contribution is 2.30. The molecule has 0 amide bonds. The molecule has 0 bridgehead atoms. The van der Waals surface area contributed by atoms with E-state index in [1.54, 1.807) is 23.8 Å². The average Bonchev–Trinajstić information content (AvgIpc) is 2.86. The number of pyridine rings is 1. The molecular formula is C15H12Cl2N2O2. The Balaban J connectivity index is 2.24. The zero-order valence-corrected chi connectivity index (χ0v) is 12.7. The van der Waals surface area contributed by atoms with E-state index in [-0.39, 0.29) is 6.61 Å². The summed E-state index contributed by atoms with van der Waals surface area (Å²) in [6.07, 6.45) is 1.69. The molecule has 0 spiro atoms. The second kappa shape index (κ2) is 5.56. The third kappa shape index (κ3) is 2.46. The van der Waals surface area contributed by atoms with Gasteiger partial charge in [0, 0.05) is 11.8 Å². The van der Waals surface area contributed by atoms with Gasteiger partial charge in [-0.05, 0) is 30.3 Å². The molecule has 0 aliphatic carbocycles. The largest absolute Gasteiger partial charge is 0.497 e. The van der Waals surface area contributed by atoms with E-state index >= 15 is 0 Å². The number of halogens is 2. The van der Waals surface area contributed by atoms with Crippen molar-refractivity contribution in [2.75, 3.05) is 7.11 Å². The van der Waals surface area contributed by atoms with Crippen LogP contribution in [0.4, 0.5) is 0 Å². The van der Waals surface area contributed by atoms with Gasteiger partial charge in [-0.1, -0.05) is 23.2 Å². The summed E-state index contributed by atoms with van der Waals surface area (Å²) in [4.78, 5) is 4.52. The van der Waals surface area contributed by atoms with E-state index in [9.17, 15) is 5.11 Å². The number of aliphatic hydroxyl groups excluding tert-OH is 1. The molecule has 108 valence electrons. The lowest BCUT2D eigenvalue weighted by Crippen LogP contribution is -1.94. The SMILES string of the molecule is COc1ccc(-c2nc3c(Cl)cc(Cl)cn3c2CO)cc1. The summed E-state index contributed by atoms with van der Waals surface area (Å²) < 4.78 is 6.85. The molecule has 4 nitrogen and oxygen atoms in total. The second-order valence-corrected chi connectivity index (χ2v) is 5.34. The third-order valence-corrected chi connectivity index (χ3v) is 3.74. The van der Waals surface area contributed by atoms with Crippen molar-refractivity contribution in [3.8, 4) is 17.0 Å². The lowest BCUT2D eigenvalue weighted by atomic mass is 10.1. The number of fused-ring (bicyclic) bond motifs is 1. The Morgan fingerprint density at radius 3 is 2.57 bits per heavy atom. The average molecular weight is 323 g/mol. The van der Waals surface area contributed by atoms with E-state index in [0.717, 1.165) is 11.3 Å². The minimum Gasteiger partial charge on any atom is -0.497 e. The molecule has 0 saturated carbocycles. The van der Waals surface area contributed by atoms with Crippen LogP contribution in [-0.4, -0.2) is 21.6 Å². The minimum absolute atomic E-state index is 0.167. The number of ether oxygens (including phenoxy) is 1. The number of hydrogen-bond donors (Lipinski definition) is 1. The molecule has 0 aliphatic heterocycles. The maximum absolute atomic E-state index is 9.68.